The van der Waals surface area contributed by atoms with Crippen LogP contribution in [0.1, 0.15) is 79.6 Å². The minimum atomic E-state index is -0.0481. The Balaban J connectivity index is 1.68. The molecular formula is C27H33N3O3. The van der Waals surface area contributed by atoms with Crippen LogP contribution in [0.4, 0.5) is 0 Å². The molecule has 6 heteroatoms. The van der Waals surface area contributed by atoms with Gasteiger partial charge < -0.3 is 19.6 Å². The fourth-order valence-electron chi connectivity index (χ4n) is 5.53. The highest BCUT2D eigenvalue weighted by atomic mass is 16.3. The maximum atomic E-state index is 13.0. The van der Waals surface area contributed by atoms with Gasteiger partial charge in [0, 0.05) is 29.6 Å². The van der Waals surface area contributed by atoms with E-state index in [2.05, 4.69) is 21.3 Å². The number of fused-ring (bicyclic) bond motifs is 1. The van der Waals surface area contributed by atoms with Crippen LogP contribution < -0.4 is 10.6 Å². The van der Waals surface area contributed by atoms with E-state index >= 15 is 0 Å². The molecule has 6 nitrogen and oxygen atoms in total. The largest absolute Gasteiger partial charge is 0.472 e. The maximum Gasteiger partial charge on any atom is 0.251 e. The first kappa shape index (κ1) is 21.8. The van der Waals surface area contributed by atoms with Gasteiger partial charge in [-0.1, -0.05) is 38.2 Å². The number of furan rings is 1. The summed E-state index contributed by atoms with van der Waals surface area (Å²) in [5, 5.41) is 7.32. The number of carbonyl (C=O) groups is 2. The van der Waals surface area contributed by atoms with E-state index in [4.69, 9.17) is 4.42 Å². The van der Waals surface area contributed by atoms with Crippen molar-refractivity contribution in [2.24, 2.45) is 0 Å². The zero-order valence-corrected chi connectivity index (χ0v) is 19.2. The standard InChI is InChI=1S/C27H33N3O3/c31-24-17-30-23-16-20(27(32)29-14-7-2-1-6-13-28-24)10-11-22(23)25(19-8-4-3-5-9-19)26(30)21-12-15-33-18-21/h10-12,15-16,18-19H,1-9,13-14,17H2,(H,28,31)(H,29,32). The van der Waals surface area contributed by atoms with Gasteiger partial charge >= 0.3 is 0 Å². The fraction of sp³-hybridized carbons (Fsp3) is 0.481. The normalized spacial score (nSPS) is 19.2. The van der Waals surface area contributed by atoms with Gasteiger partial charge in [0.1, 0.15) is 6.54 Å². The smallest absolute Gasteiger partial charge is 0.251 e. The Hall–Kier alpha value is -3.02. The van der Waals surface area contributed by atoms with Crippen LogP contribution in [0, 0.1) is 0 Å². The van der Waals surface area contributed by atoms with E-state index in [1.165, 1.54) is 24.8 Å². The lowest BCUT2D eigenvalue weighted by Gasteiger charge is -2.23. The molecular weight excluding hydrogens is 414 g/mol. The minimum Gasteiger partial charge on any atom is -0.472 e. The Kier molecular flexibility index (Phi) is 6.51. The molecule has 2 aliphatic rings. The van der Waals surface area contributed by atoms with Gasteiger partial charge in [0.2, 0.25) is 5.91 Å². The molecule has 2 bridgehead atoms. The average Bonchev–Trinajstić information content (AvgIpc) is 3.47. The number of rotatable bonds is 2. The van der Waals surface area contributed by atoms with Crippen LogP contribution in [0.2, 0.25) is 0 Å². The van der Waals surface area contributed by atoms with Crippen molar-refractivity contribution in [1.82, 2.24) is 15.2 Å². The number of carbonyl (C=O) groups excluding carboxylic acids is 2. The van der Waals surface area contributed by atoms with Crippen molar-refractivity contribution in [2.75, 3.05) is 13.1 Å². The van der Waals surface area contributed by atoms with Gasteiger partial charge in [0.15, 0.2) is 0 Å². The van der Waals surface area contributed by atoms with Crippen LogP contribution in [0.25, 0.3) is 22.2 Å². The molecule has 1 aliphatic heterocycles. The van der Waals surface area contributed by atoms with Crippen LogP contribution >= 0.6 is 0 Å². The zero-order valence-electron chi connectivity index (χ0n) is 19.2. The first-order valence-corrected chi connectivity index (χ1v) is 12.5. The summed E-state index contributed by atoms with van der Waals surface area (Å²) in [6, 6.07) is 7.97. The van der Waals surface area contributed by atoms with Crippen LogP contribution in [-0.2, 0) is 11.3 Å². The minimum absolute atomic E-state index is 0.0107. The first-order valence-electron chi connectivity index (χ1n) is 12.5. The van der Waals surface area contributed by atoms with Crippen molar-refractivity contribution >= 4 is 22.7 Å². The number of hydrogen-bond acceptors (Lipinski definition) is 3. The summed E-state index contributed by atoms with van der Waals surface area (Å²) in [6.45, 7) is 1.60. The van der Waals surface area contributed by atoms with E-state index in [0.717, 1.165) is 60.7 Å². The fourth-order valence-corrected chi connectivity index (χ4v) is 5.53. The molecule has 2 N–H and O–H groups in total. The number of nitrogens with zero attached hydrogens (tertiary/aromatic N) is 1. The second kappa shape index (κ2) is 9.86. The van der Waals surface area contributed by atoms with Crippen molar-refractivity contribution in [2.45, 2.75) is 70.3 Å². The molecule has 0 radical (unpaired) electrons. The molecule has 1 aliphatic carbocycles. The zero-order chi connectivity index (χ0) is 22.6. The number of nitrogens with one attached hydrogen (secondary N) is 2. The highest BCUT2D eigenvalue weighted by molar-refractivity contribution is 6.01. The molecule has 2 amide bonds. The summed E-state index contributed by atoms with van der Waals surface area (Å²) < 4.78 is 7.58. The molecule has 0 atom stereocenters. The molecule has 2 aromatic heterocycles. The number of hydrogen-bond donors (Lipinski definition) is 2. The van der Waals surface area contributed by atoms with Gasteiger partial charge in [-0.25, -0.2) is 0 Å². The highest BCUT2D eigenvalue weighted by Crippen LogP contribution is 2.44. The quantitative estimate of drug-likeness (QED) is 0.555. The topological polar surface area (TPSA) is 76.3 Å². The van der Waals surface area contributed by atoms with Gasteiger partial charge in [-0.3, -0.25) is 9.59 Å². The van der Waals surface area contributed by atoms with E-state index in [0.29, 0.717) is 24.6 Å². The molecule has 1 saturated carbocycles. The molecule has 3 heterocycles. The molecule has 1 fully saturated rings. The third kappa shape index (κ3) is 4.56. The van der Waals surface area contributed by atoms with Crippen LogP contribution in [-0.4, -0.2) is 29.5 Å². The first-order chi connectivity index (χ1) is 16.2. The lowest BCUT2D eigenvalue weighted by atomic mass is 9.82. The maximum absolute atomic E-state index is 13.0. The van der Waals surface area contributed by atoms with E-state index in [1.807, 2.05) is 18.2 Å². The Labute approximate surface area is 194 Å². The van der Waals surface area contributed by atoms with E-state index in [-0.39, 0.29) is 18.4 Å². The molecule has 1 aromatic carbocycles. The summed E-state index contributed by atoms with van der Waals surface area (Å²) in [5.41, 5.74) is 4.94. The predicted molar refractivity (Wildman–Crippen MR) is 129 cm³/mol. The summed E-state index contributed by atoms with van der Waals surface area (Å²) in [4.78, 5) is 25.9. The van der Waals surface area contributed by atoms with Crippen molar-refractivity contribution < 1.29 is 14.0 Å². The van der Waals surface area contributed by atoms with Crippen LogP contribution in [0.5, 0.6) is 0 Å². The molecule has 174 valence electrons. The molecule has 0 spiro atoms. The number of aromatic nitrogens is 1. The van der Waals surface area contributed by atoms with Gasteiger partial charge in [0.05, 0.1) is 23.7 Å². The summed E-state index contributed by atoms with van der Waals surface area (Å²) in [7, 11) is 0. The van der Waals surface area contributed by atoms with Gasteiger partial charge in [-0.05, 0) is 55.4 Å². The summed E-state index contributed by atoms with van der Waals surface area (Å²) in [5.74, 6) is 0.408. The molecule has 5 rings (SSSR count). The Morgan fingerprint density at radius 1 is 0.848 bits per heavy atom. The van der Waals surface area contributed by atoms with Crippen LogP contribution in [0.15, 0.2) is 41.2 Å². The predicted octanol–water partition coefficient (Wildman–Crippen LogP) is 5.37. The Bertz CT molecular complexity index is 1120. The van der Waals surface area contributed by atoms with E-state index in [1.54, 1.807) is 12.5 Å². The van der Waals surface area contributed by atoms with Gasteiger partial charge in [0.25, 0.3) is 5.91 Å². The number of amides is 2. The monoisotopic (exact) mass is 447 g/mol. The second-order valence-corrected chi connectivity index (χ2v) is 9.45. The SMILES string of the molecule is O=C1Cn2c(-c3ccoc3)c(C3CCCCC3)c3ccc(cc32)C(=O)NCCCCCCN1. The Morgan fingerprint density at radius 2 is 1.61 bits per heavy atom. The summed E-state index contributed by atoms with van der Waals surface area (Å²) in [6.07, 6.45) is 13.5. The molecule has 0 saturated heterocycles. The number of benzene rings is 1. The van der Waals surface area contributed by atoms with Crippen molar-refractivity contribution in [3.8, 4) is 11.3 Å². The lowest BCUT2D eigenvalue weighted by Crippen LogP contribution is -2.28. The Morgan fingerprint density at radius 3 is 2.36 bits per heavy atom. The third-order valence-corrected chi connectivity index (χ3v) is 7.19. The van der Waals surface area contributed by atoms with Crippen molar-refractivity contribution in [1.29, 1.82) is 0 Å². The lowest BCUT2D eigenvalue weighted by molar-refractivity contribution is -0.121. The second-order valence-electron chi connectivity index (χ2n) is 9.45. The van der Waals surface area contributed by atoms with E-state index in [9.17, 15) is 9.59 Å². The van der Waals surface area contributed by atoms with Gasteiger partial charge in [-0.15, -0.1) is 0 Å². The highest BCUT2D eigenvalue weighted by Gasteiger charge is 2.28. The van der Waals surface area contributed by atoms with Gasteiger partial charge in [-0.2, -0.15) is 0 Å². The summed E-state index contributed by atoms with van der Waals surface area (Å²) >= 11 is 0. The molecule has 3 aromatic rings. The van der Waals surface area contributed by atoms with Crippen molar-refractivity contribution in [3.05, 3.63) is 47.9 Å². The van der Waals surface area contributed by atoms with E-state index < -0.39 is 0 Å². The average molecular weight is 448 g/mol. The van der Waals surface area contributed by atoms with Crippen molar-refractivity contribution in [3.63, 3.8) is 0 Å². The molecule has 33 heavy (non-hydrogen) atoms. The molecule has 0 unspecified atom stereocenters. The van der Waals surface area contributed by atoms with Crippen LogP contribution in [0.3, 0.4) is 0 Å². The third-order valence-electron chi connectivity index (χ3n) is 7.19.